The predicted molar refractivity (Wildman–Crippen MR) is 111 cm³/mol. The fourth-order valence-corrected chi connectivity index (χ4v) is 3.73. The molecule has 0 saturated heterocycles. The van der Waals surface area contributed by atoms with Crippen molar-refractivity contribution in [2.75, 3.05) is 26.2 Å². The second-order valence-corrected chi connectivity index (χ2v) is 7.27. The second kappa shape index (κ2) is 9.58. The maximum atomic E-state index is 12.0. The van der Waals surface area contributed by atoms with Crippen molar-refractivity contribution < 1.29 is 13.9 Å². The number of para-hydroxylation sites is 1. The van der Waals surface area contributed by atoms with E-state index in [1.807, 2.05) is 19.1 Å². The maximum absolute atomic E-state index is 12.0. The van der Waals surface area contributed by atoms with Gasteiger partial charge in [0, 0.05) is 51.1 Å². The van der Waals surface area contributed by atoms with Gasteiger partial charge < -0.3 is 19.0 Å². The van der Waals surface area contributed by atoms with Crippen LogP contribution in [0.15, 0.2) is 47.3 Å². The van der Waals surface area contributed by atoms with Gasteiger partial charge in [0.15, 0.2) is 0 Å². The van der Waals surface area contributed by atoms with E-state index >= 15 is 0 Å². The van der Waals surface area contributed by atoms with Crippen molar-refractivity contribution in [1.29, 1.82) is 0 Å². The Kier molecular flexibility index (Phi) is 6.44. The highest BCUT2D eigenvalue weighted by Gasteiger charge is 2.19. The van der Waals surface area contributed by atoms with Gasteiger partial charge in [-0.3, -0.25) is 9.69 Å². The number of rotatable bonds is 8. The van der Waals surface area contributed by atoms with E-state index in [0.717, 1.165) is 50.0 Å². The molecule has 0 aliphatic carbocycles. The summed E-state index contributed by atoms with van der Waals surface area (Å²) in [4.78, 5) is 14.5. The number of carbonyl (C=O) groups excluding carboxylic acids is 1. The molecule has 1 amide bonds. The number of carbonyl (C=O) groups is 1. The highest BCUT2D eigenvalue weighted by molar-refractivity contribution is 5.93. The summed E-state index contributed by atoms with van der Waals surface area (Å²) in [6, 6.07) is 9.87. The molecule has 1 aromatic carbocycles. The molecule has 1 N–H and O–H groups in total. The Balaban J connectivity index is 1.33. The van der Waals surface area contributed by atoms with E-state index in [1.165, 1.54) is 18.1 Å². The zero-order valence-corrected chi connectivity index (χ0v) is 17.2. The average Bonchev–Trinajstić information content (AvgIpc) is 3.38. The van der Waals surface area contributed by atoms with Crippen molar-refractivity contribution in [2.45, 2.75) is 32.9 Å². The lowest BCUT2D eigenvalue weighted by atomic mass is 10.2. The molecule has 4 rings (SSSR count). The van der Waals surface area contributed by atoms with E-state index in [2.05, 4.69) is 37.1 Å². The van der Waals surface area contributed by atoms with Crippen LogP contribution >= 0.6 is 0 Å². The monoisotopic (exact) mass is 409 g/mol. The number of ether oxygens (including phenoxy) is 1. The van der Waals surface area contributed by atoms with Crippen molar-refractivity contribution >= 4 is 5.91 Å². The van der Waals surface area contributed by atoms with Crippen LogP contribution in [0.2, 0.25) is 0 Å². The molecule has 0 atom stereocenters. The third-order valence-corrected chi connectivity index (χ3v) is 5.28. The molecule has 1 aliphatic heterocycles. The van der Waals surface area contributed by atoms with Gasteiger partial charge in [0.05, 0.1) is 18.4 Å². The Hall–Kier alpha value is -3.13. The summed E-state index contributed by atoms with van der Waals surface area (Å²) in [6.07, 6.45) is 4.43. The van der Waals surface area contributed by atoms with Crippen LogP contribution < -0.4 is 10.1 Å². The number of furan rings is 1. The third kappa shape index (κ3) is 4.71. The van der Waals surface area contributed by atoms with Gasteiger partial charge in [-0.2, -0.15) is 0 Å². The molecule has 0 spiro atoms. The fraction of sp³-hybridized carbons (Fsp3) is 0.409. The van der Waals surface area contributed by atoms with Gasteiger partial charge in [-0.15, -0.1) is 10.2 Å². The van der Waals surface area contributed by atoms with Crippen molar-refractivity contribution in [1.82, 2.24) is 25.0 Å². The topological polar surface area (TPSA) is 85.4 Å². The van der Waals surface area contributed by atoms with E-state index in [-0.39, 0.29) is 5.91 Å². The molecule has 8 heteroatoms. The molecule has 0 bridgehead atoms. The first-order chi connectivity index (χ1) is 14.7. The summed E-state index contributed by atoms with van der Waals surface area (Å²) in [6.45, 7) is 6.71. The van der Waals surface area contributed by atoms with E-state index in [1.54, 1.807) is 6.07 Å². The number of hydrogen-bond donors (Lipinski definition) is 1. The number of fused-ring (bicyclic) bond motifs is 1. The normalized spacial score (nSPS) is 14.2. The number of amides is 1. The van der Waals surface area contributed by atoms with Crippen molar-refractivity contribution in [2.24, 2.45) is 0 Å². The van der Waals surface area contributed by atoms with Gasteiger partial charge in [0.1, 0.15) is 23.7 Å². The van der Waals surface area contributed by atoms with Crippen LogP contribution in [0.25, 0.3) is 0 Å². The molecular formula is C22H27N5O3. The summed E-state index contributed by atoms with van der Waals surface area (Å²) in [5.41, 5.74) is 1.73. The van der Waals surface area contributed by atoms with Gasteiger partial charge in [0.2, 0.25) is 0 Å². The van der Waals surface area contributed by atoms with E-state index in [4.69, 9.17) is 9.15 Å². The zero-order valence-electron chi connectivity index (χ0n) is 17.2. The van der Waals surface area contributed by atoms with E-state index in [0.29, 0.717) is 25.1 Å². The SMILES string of the molecule is CCOc1ccccc1CN1CCc2nnc(CCNC(=O)c3ccoc3)n2CC1. The molecule has 0 saturated carbocycles. The Bertz CT molecular complexity index is 967. The van der Waals surface area contributed by atoms with Crippen LogP contribution in [0.4, 0.5) is 0 Å². The molecule has 0 fully saturated rings. The molecule has 158 valence electrons. The highest BCUT2D eigenvalue weighted by Crippen LogP contribution is 2.21. The minimum absolute atomic E-state index is 0.140. The van der Waals surface area contributed by atoms with Crippen LogP contribution in [0, 0.1) is 0 Å². The van der Waals surface area contributed by atoms with E-state index < -0.39 is 0 Å². The van der Waals surface area contributed by atoms with Crippen molar-refractivity contribution in [3.8, 4) is 5.75 Å². The maximum Gasteiger partial charge on any atom is 0.254 e. The number of nitrogens with one attached hydrogen (secondary N) is 1. The van der Waals surface area contributed by atoms with Gasteiger partial charge in [-0.1, -0.05) is 18.2 Å². The van der Waals surface area contributed by atoms with Crippen molar-refractivity contribution in [3.05, 3.63) is 65.6 Å². The lowest BCUT2D eigenvalue weighted by Gasteiger charge is -2.21. The summed E-state index contributed by atoms with van der Waals surface area (Å²) in [7, 11) is 0. The van der Waals surface area contributed by atoms with Crippen LogP contribution in [0.5, 0.6) is 5.75 Å². The molecule has 1 aliphatic rings. The van der Waals surface area contributed by atoms with Crippen LogP contribution in [0.3, 0.4) is 0 Å². The average molecular weight is 409 g/mol. The third-order valence-electron chi connectivity index (χ3n) is 5.28. The summed E-state index contributed by atoms with van der Waals surface area (Å²) >= 11 is 0. The summed E-state index contributed by atoms with van der Waals surface area (Å²) in [5.74, 6) is 2.73. The number of hydrogen-bond acceptors (Lipinski definition) is 6. The minimum Gasteiger partial charge on any atom is -0.494 e. The fourth-order valence-electron chi connectivity index (χ4n) is 3.73. The molecule has 0 unspecified atom stereocenters. The van der Waals surface area contributed by atoms with Crippen LogP contribution in [0.1, 0.15) is 34.5 Å². The Morgan fingerprint density at radius 2 is 2.10 bits per heavy atom. The quantitative estimate of drug-likeness (QED) is 0.615. The Morgan fingerprint density at radius 1 is 1.20 bits per heavy atom. The van der Waals surface area contributed by atoms with Gasteiger partial charge in [-0.05, 0) is 19.1 Å². The second-order valence-electron chi connectivity index (χ2n) is 7.27. The van der Waals surface area contributed by atoms with Gasteiger partial charge >= 0.3 is 0 Å². The van der Waals surface area contributed by atoms with Crippen LogP contribution in [-0.2, 0) is 25.9 Å². The minimum atomic E-state index is -0.140. The lowest BCUT2D eigenvalue weighted by molar-refractivity contribution is 0.0953. The molecule has 8 nitrogen and oxygen atoms in total. The first kappa shape index (κ1) is 20.2. The summed E-state index contributed by atoms with van der Waals surface area (Å²) in [5, 5.41) is 11.6. The van der Waals surface area contributed by atoms with E-state index in [9.17, 15) is 4.79 Å². The van der Waals surface area contributed by atoms with Crippen LogP contribution in [-0.4, -0.2) is 51.8 Å². The largest absolute Gasteiger partial charge is 0.494 e. The Labute approximate surface area is 175 Å². The standard InChI is InChI=1S/C22H27N5O3/c1-2-30-19-6-4-3-5-17(19)15-26-11-8-21-25-24-20(27(21)13-12-26)7-10-23-22(28)18-9-14-29-16-18/h3-6,9,14,16H,2,7-8,10-13,15H2,1H3,(H,23,28). The first-order valence-electron chi connectivity index (χ1n) is 10.4. The predicted octanol–water partition coefficient (Wildman–Crippen LogP) is 2.30. The molecular weight excluding hydrogens is 382 g/mol. The number of nitrogens with zero attached hydrogens (tertiary/aromatic N) is 4. The smallest absolute Gasteiger partial charge is 0.254 e. The molecule has 2 aromatic heterocycles. The zero-order chi connectivity index (χ0) is 20.8. The summed E-state index contributed by atoms with van der Waals surface area (Å²) < 4.78 is 12.9. The van der Waals surface area contributed by atoms with Gasteiger partial charge in [0.25, 0.3) is 5.91 Å². The van der Waals surface area contributed by atoms with Crippen molar-refractivity contribution in [3.63, 3.8) is 0 Å². The molecule has 3 aromatic rings. The molecule has 3 heterocycles. The number of aromatic nitrogens is 3. The highest BCUT2D eigenvalue weighted by atomic mass is 16.5. The number of benzene rings is 1. The molecule has 30 heavy (non-hydrogen) atoms. The first-order valence-corrected chi connectivity index (χ1v) is 10.4. The lowest BCUT2D eigenvalue weighted by Crippen LogP contribution is -2.28. The van der Waals surface area contributed by atoms with Gasteiger partial charge in [-0.25, -0.2) is 0 Å². The molecule has 0 radical (unpaired) electrons. The Morgan fingerprint density at radius 3 is 2.93 bits per heavy atom.